The first-order chi connectivity index (χ1) is 10.5. The number of H-pyrrole nitrogens is 1. The molecule has 1 aromatic carbocycles. The summed E-state index contributed by atoms with van der Waals surface area (Å²) in [6.45, 7) is 2.02. The van der Waals surface area contributed by atoms with Gasteiger partial charge < -0.3 is 10.3 Å². The number of benzene rings is 1. The van der Waals surface area contributed by atoms with Crippen LogP contribution in [0.15, 0.2) is 30.5 Å². The summed E-state index contributed by atoms with van der Waals surface area (Å²) in [7, 11) is -1.14. The van der Waals surface area contributed by atoms with Crippen LogP contribution in [0.2, 0.25) is 0 Å². The average Bonchev–Trinajstić information content (AvgIpc) is 2.91. The molecule has 2 aromatic rings. The van der Waals surface area contributed by atoms with Crippen LogP contribution >= 0.6 is 0 Å². The molecule has 1 aromatic heterocycles. The maximum atomic E-state index is 11.8. The zero-order valence-electron chi connectivity index (χ0n) is 13.1. The van der Waals surface area contributed by atoms with E-state index in [0.717, 1.165) is 24.9 Å². The molecule has 0 unspecified atom stereocenters. The highest BCUT2D eigenvalue weighted by Crippen LogP contribution is 2.39. The summed E-state index contributed by atoms with van der Waals surface area (Å²) in [5, 5.41) is 4.54. The lowest BCUT2D eigenvalue weighted by Crippen LogP contribution is -2.48. The van der Waals surface area contributed by atoms with Crippen molar-refractivity contribution in [2.45, 2.75) is 18.3 Å². The third-order valence-electron chi connectivity index (χ3n) is 4.82. The summed E-state index contributed by atoms with van der Waals surface area (Å²) in [6, 6.07) is 8.30. The van der Waals surface area contributed by atoms with E-state index in [1.165, 1.54) is 17.2 Å². The Hall–Kier alpha value is -1.37. The predicted molar refractivity (Wildman–Crippen MR) is 89.6 cm³/mol. The van der Waals surface area contributed by atoms with Crippen LogP contribution in [0.25, 0.3) is 10.9 Å². The van der Waals surface area contributed by atoms with Crippen molar-refractivity contribution in [1.82, 2.24) is 14.6 Å². The van der Waals surface area contributed by atoms with Crippen molar-refractivity contribution in [1.29, 1.82) is 0 Å². The molecule has 1 fully saturated rings. The van der Waals surface area contributed by atoms with Gasteiger partial charge in [-0.2, -0.15) is 0 Å². The fraction of sp³-hybridized carbons (Fsp3) is 0.500. The van der Waals surface area contributed by atoms with E-state index >= 15 is 0 Å². The lowest BCUT2D eigenvalue weighted by Gasteiger charge is -2.41. The van der Waals surface area contributed by atoms with Gasteiger partial charge in [-0.3, -0.25) is 0 Å². The number of likely N-dealkylation sites (N-methyl/N-ethyl adjacent to an activating group) is 1. The first kappa shape index (κ1) is 15.5. The quantitative estimate of drug-likeness (QED) is 0.900. The van der Waals surface area contributed by atoms with Crippen LogP contribution in [0.1, 0.15) is 18.4 Å². The van der Waals surface area contributed by atoms with Crippen LogP contribution in [0.5, 0.6) is 0 Å². The van der Waals surface area contributed by atoms with Gasteiger partial charge in [-0.15, -0.1) is 0 Å². The zero-order valence-corrected chi connectivity index (χ0v) is 13.9. The summed E-state index contributed by atoms with van der Waals surface area (Å²) in [5.74, 6) is 0. The predicted octanol–water partition coefficient (Wildman–Crippen LogP) is 1.68. The number of para-hydroxylation sites is 1. The second-order valence-corrected chi connectivity index (χ2v) is 8.20. The van der Waals surface area contributed by atoms with Gasteiger partial charge in [0.05, 0.1) is 6.26 Å². The molecule has 2 heterocycles. The Labute approximate surface area is 131 Å². The Bertz CT molecular complexity index is 759. The SMILES string of the molecule is CNCC1(c2c[nH]c3ccccc23)CCN(S(C)(=O)=O)CC1. The number of fused-ring (bicyclic) bond motifs is 1. The Balaban J connectivity index is 1.97. The summed E-state index contributed by atoms with van der Waals surface area (Å²) in [6.07, 6.45) is 5.06. The van der Waals surface area contributed by atoms with Gasteiger partial charge in [0.15, 0.2) is 0 Å². The summed E-state index contributed by atoms with van der Waals surface area (Å²) >= 11 is 0. The van der Waals surface area contributed by atoms with Crippen LogP contribution in [0, 0.1) is 0 Å². The van der Waals surface area contributed by atoms with Crippen LogP contribution in [-0.2, 0) is 15.4 Å². The maximum Gasteiger partial charge on any atom is 0.211 e. The van der Waals surface area contributed by atoms with E-state index < -0.39 is 10.0 Å². The molecule has 120 valence electrons. The monoisotopic (exact) mass is 321 g/mol. The molecule has 6 heteroatoms. The number of aromatic nitrogens is 1. The molecule has 0 atom stereocenters. The first-order valence-electron chi connectivity index (χ1n) is 7.63. The lowest BCUT2D eigenvalue weighted by molar-refractivity contribution is 0.231. The second kappa shape index (κ2) is 5.68. The van der Waals surface area contributed by atoms with Crippen LogP contribution in [0.4, 0.5) is 0 Å². The zero-order chi connectivity index (χ0) is 15.8. The molecule has 22 heavy (non-hydrogen) atoms. The highest BCUT2D eigenvalue weighted by molar-refractivity contribution is 7.88. The molecule has 0 spiro atoms. The third kappa shape index (κ3) is 2.66. The number of hydrogen-bond acceptors (Lipinski definition) is 3. The molecule has 3 rings (SSSR count). The van der Waals surface area contributed by atoms with Gasteiger partial charge in [-0.05, 0) is 31.5 Å². The summed E-state index contributed by atoms with van der Waals surface area (Å²) in [4.78, 5) is 3.35. The van der Waals surface area contributed by atoms with Crippen molar-refractivity contribution in [3.05, 3.63) is 36.0 Å². The van der Waals surface area contributed by atoms with E-state index in [2.05, 4.69) is 34.7 Å². The molecule has 0 saturated carbocycles. The molecular formula is C16H23N3O2S. The smallest absolute Gasteiger partial charge is 0.211 e. The van der Waals surface area contributed by atoms with Crippen LogP contribution in [0.3, 0.4) is 0 Å². The number of sulfonamides is 1. The maximum absolute atomic E-state index is 11.8. The highest BCUT2D eigenvalue weighted by Gasteiger charge is 2.39. The van der Waals surface area contributed by atoms with Crippen molar-refractivity contribution in [3.63, 3.8) is 0 Å². The van der Waals surface area contributed by atoms with Gasteiger partial charge in [-0.1, -0.05) is 18.2 Å². The third-order valence-corrected chi connectivity index (χ3v) is 6.13. The number of hydrogen-bond donors (Lipinski definition) is 2. The van der Waals surface area contributed by atoms with E-state index in [4.69, 9.17) is 0 Å². The minimum absolute atomic E-state index is 0.0183. The minimum atomic E-state index is -3.10. The van der Waals surface area contributed by atoms with Crippen molar-refractivity contribution in [2.24, 2.45) is 0 Å². The number of aromatic amines is 1. The normalized spacial score (nSPS) is 19.5. The fourth-order valence-corrected chi connectivity index (χ4v) is 4.48. The molecule has 0 radical (unpaired) electrons. The molecule has 1 aliphatic heterocycles. The van der Waals surface area contributed by atoms with Gasteiger partial charge in [-0.25, -0.2) is 12.7 Å². The van der Waals surface area contributed by atoms with Gasteiger partial charge in [0.25, 0.3) is 0 Å². The van der Waals surface area contributed by atoms with Crippen LogP contribution < -0.4 is 5.32 Å². The van der Waals surface area contributed by atoms with E-state index in [1.54, 1.807) is 4.31 Å². The molecule has 5 nitrogen and oxygen atoms in total. The van der Waals surface area contributed by atoms with Gasteiger partial charge >= 0.3 is 0 Å². The molecule has 0 amide bonds. The van der Waals surface area contributed by atoms with Crippen molar-refractivity contribution in [3.8, 4) is 0 Å². The van der Waals surface area contributed by atoms with Gasteiger partial charge in [0, 0.05) is 42.1 Å². The minimum Gasteiger partial charge on any atom is -0.361 e. The topological polar surface area (TPSA) is 65.2 Å². The lowest BCUT2D eigenvalue weighted by atomic mass is 9.73. The Morgan fingerprint density at radius 2 is 1.95 bits per heavy atom. The number of nitrogens with zero attached hydrogens (tertiary/aromatic N) is 1. The second-order valence-electron chi connectivity index (χ2n) is 6.22. The number of rotatable bonds is 4. The molecule has 0 bridgehead atoms. The standard InChI is InChI=1S/C16H23N3O2S/c1-17-12-16(7-9-19(10-8-16)22(2,20)21)14-11-18-15-6-4-3-5-13(14)15/h3-6,11,17-18H,7-10,12H2,1-2H3. The molecule has 0 aliphatic carbocycles. The van der Waals surface area contributed by atoms with E-state index in [1.807, 2.05) is 13.1 Å². The molecule has 1 saturated heterocycles. The van der Waals surface area contributed by atoms with Gasteiger partial charge in [0.2, 0.25) is 10.0 Å². The van der Waals surface area contributed by atoms with E-state index in [9.17, 15) is 8.42 Å². The Morgan fingerprint density at radius 1 is 1.27 bits per heavy atom. The van der Waals surface area contributed by atoms with Crippen LogP contribution in [-0.4, -0.2) is 50.6 Å². The largest absolute Gasteiger partial charge is 0.361 e. The summed E-state index contributed by atoms with van der Waals surface area (Å²) < 4.78 is 25.1. The summed E-state index contributed by atoms with van der Waals surface area (Å²) in [5.41, 5.74) is 2.42. The fourth-order valence-electron chi connectivity index (χ4n) is 3.64. The van der Waals surface area contributed by atoms with E-state index in [-0.39, 0.29) is 5.41 Å². The van der Waals surface area contributed by atoms with E-state index in [0.29, 0.717) is 13.1 Å². The highest BCUT2D eigenvalue weighted by atomic mass is 32.2. The Kier molecular flexibility index (Phi) is 4.01. The van der Waals surface area contributed by atoms with Crippen molar-refractivity contribution >= 4 is 20.9 Å². The Morgan fingerprint density at radius 3 is 2.59 bits per heavy atom. The molecule has 2 N–H and O–H groups in total. The number of piperidine rings is 1. The number of nitrogens with one attached hydrogen (secondary N) is 2. The van der Waals surface area contributed by atoms with Crippen molar-refractivity contribution < 1.29 is 8.42 Å². The molecule has 1 aliphatic rings. The first-order valence-corrected chi connectivity index (χ1v) is 9.47. The average molecular weight is 321 g/mol. The van der Waals surface area contributed by atoms with Crippen molar-refractivity contribution in [2.75, 3.05) is 32.9 Å². The molecular weight excluding hydrogens is 298 g/mol. The van der Waals surface area contributed by atoms with Gasteiger partial charge in [0.1, 0.15) is 0 Å².